The molecule has 0 spiro atoms. The molecule has 6 heteroatoms. The summed E-state index contributed by atoms with van der Waals surface area (Å²) in [4.78, 5) is 0.340. The summed E-state index contributed by atoms with van der Waals surface area (Å²) < 4.78 is 34.1. The Hall–Kier alpha value is -3.12. The van der Waals surface area contributed by atoms with Gasteiger partial charge >= 0.3 is 0 Å². The standard InChI is InChI=1S/C34H44N2O3S/c1-4-5-6-7-8-9-10-12-17-28(27-15-13-11-14-16-27)24-33(40(37,38)30-21-18-26(2)19-22-30)34-31-25-29(39-3)20-23-32(31)35-36-34/h11,13-16,18-23,25,28,33H,4-10,12,17,24H2,1-3H3,(H,35,36). The fraction of sp³-hybridized carbons (Fsp3) is 0.441. The van der Waals surface area contributed by atoms with Gasteiger partial charge in [0.2, 0.25) is 0 Å². The lowest BCUT2D eigenvalue weighted by Crippen LogP contribution is -2.18. The minimum atomic E-state index is -3.72. The minimum Gasteiger partial charge on any atom is -0.497 e. The Bertz CT molecular complexity index is 1430. The van der Waals surface area contributed by atoms with Crippen LogP contribution in [0, 0.1) is 6.92 Å². The van der Waals surface area contributed by atoms with Crippen LogP contribution >= 0.6 is 0 Å². The van der Waals surface area contributed by atoms with Gasteiger partial charge in [-0.1, -0.05) is 106 Å². The highest BCUT2D eigenvalue weighted by Crippen LogP contribution is 2.41. The number of hydrogen-bond acceptors (Lipinski definition) is 4. The molecule has 214 valence electrons. The summed E-state index contributed by atoms with van der Waals surface area (Å²) in [6.07, 6.45) is 11.4. The largest absolute Gasteiger partial charge is 0.497 e. The summed E-state index contributed by atoms with van der Waals surface area (Å²) in [5.41, 5.74) is 3.59. The van der Waals surface area contributed by atoms with Crippen molar-refractivity contribution in [2.24, 2.45) is 0 Å². The molecule has 0 saturated carbocycles. The van der Waals surface area contributed by atoms with Gasteiger partial charge in [0.15, 0.2) is 9.84 Å². The van der Waals surface area contributed by atoms with Crippen LogP contribution in [0.5, 0.6) is 5.75 Å². The number of aryl methyl sites for hydroxylation is 1. The van der Waals surface area contributed by atoms with E-state index in [1.54, 1.807) is 19.2 Å². The second-order valence-corrected chi connectivity index (χ2v) is 13.1. The van der Waals surface area contributed by atoms with Crippen molar-refractivity contribution in [3.05, 3.63) is 89.6 Å². The summed E-state index contributed by atoms with van der Waals surface area (Å²) in [7, 11) is -2.09. The zero-order valence-corrected chi connectivity index (χ0v) is 25.1. The van der Waals surface area contributed by atoms with E-state index in [0.717, 1.165) is 29.3 Å². The second-order valence-electron chi connectivity index (χ2n) is 11.0. The number of nitrogens with zero attached hydrogens (tertiary/aromatic N) is 1. The molecule has 0 bridgehead atoms. The quantitative estimate of drug-likeness (QED) is 0.139. The molecule has 0 amide bonds. The van der Waals surface area contributed by atoms with Gasteiger partial charge in [-0.05, 0) is 61.6 Å². The molecule has 4 aromatic rings. The molecular formula is C34H44N2O3S. The predicted molar refractivity (Wildman–Crippen MR) is 165 cm³/mol. The monoisotopic (exact) mass is 560 g/mol. The van der Waals surface area contributed by atoms with E-state index in [2.05, 4.69) is 41.4 Å². The molecule has 0 saturated heterocycles. The maximum absolute atomic E-state index is 14.3. The number of aromatic amines is 1. The molecule has 1 heterocycles. The molecule has 5 nitrogen and oxygen atoms in total. The number of unbranched alkanes of at least 4 members (excludes halogenated alkanes) is 7. The van der Waals surface area contributed by atoms with Crippen molar-refractivity contribution in [1.29, 1.82) is 0 Å². The van der Waals surface area contributed by atoms with Crippen molar-refractivity contribution >= 4 is 20.7 Å². The van der Waals surface area contributed by atoms with Crippen LogP contribution in [0.3, 0.4) is 0 Å². The van der Waals surface area contributed by atoms with Gasteiger partial charge in [0.1, 0.15) is 11.0 Å². The molecule has 0 fully saturated rings. The number of nitrogens with one attached hydrogen (secondary N) is 1. The van der Waals surface area contributed by atoms with E-state index in [0.29, 0.717) is 22.8 Å². The van der Waals surface area contributed by atoms with Crippen LogP contribution < -0.4 is 4.74 Å². The molecule has 0 radical (unpaired) electrons. The number of H-pyrrole nitrogens is 1. The van der Waals surface area contributed by atoms with Gasteiger partial charge in [-0.3, -0.25) is 5.10 Å². The number of rotatable bonds is 16. The van der Waals surface area contributed by atoms with Crippen molar-refractivity contribution in [2.45, 2.75) is 94.1 Å². The van der Waals surface area contributed by atoms with Gasteiger partial charge in [-0.25, -0.2) is 8.42 Å². The van der Waals surface area contributed by atoms with Crippen LogP contribution in [0.2, 0.25) is 0 Å². The first-order chi connectivity index (χ1) is 19.4. The fourth-order valence-corrected chi connectivity index (χ4v) is 7.42. The maximum atomic E-state index is 14.3. The smallest absolute Gasteiger partial charge is 0.186 e. The summed E-state index contributed by atoms with van der Waals surface area (Å²) >= 11 is 0. The Balaban J connectivity index is 1.65. The first-order valence-electron chi connectivity index (χ1n) is 14.8. The number of sulfone groups is 1. The lowest BCUT2D eigenvalue weighted by atomic mass is 9.88. The first-order valence-corrected chi connectivity index (χ1v) is 16.4. The fourth-order valence-electron chi connectivity index (χ4n) is 5.60. The summed E-state index contributed by atoms with van der Waals surface area (Å²) in [5.74, 6) is 0.788. The molecule has 2 atom stereocenters. The number of aromatic nitrogens is 2. The lowest BCUT2D eigenvalue weighted by Gasteiger charge is -2.24. The minimum absolute atomic E-state index is 0.107. The van der Waals surface area contributed by atoms with Crippen LogP contribution in [0.4, 0.5) is 0 Å². The number of benzene rings is 3. The van der Waals surface area contributed by atoms with Gasteiger partial charge in [-0.15, -0.1) is 0 Å². The van der Waals surface area contributed by atoms with Crippen LogP contribution in [-0.4, -0.2) is 25.7 Å². The predicted octanol–water partition coefficient (Wildman–Crippen LogP) is 9.10. The van der Waals surface area contributed by atoms with Gasteiger partial charge in [0.05, 0.1) is 23.2 Å². The van der Waals surface area contributed by atoms with Crippen molar-refractivity contribution in [1.82, 2.24) is 10.2 Å². The van der Waals surface area contributed by atoms with Crippen LogP contribution in [0.1, 0.15) is 99.1 Å². The van der Waals surface area contributed by atoms with E-state index in [-0.39, 0.29) is 5.92 Å². The van der Waals surface area contributed by atoms with Crippen molar-refractivity contribution in [3.8, 4) is 5.75 Å². The SMILES string of the molecule is CCCCCCCCCCC(CC(c1[nH]nc2ccc(OC)cc12)S(=O)(=O)c1ccc(C)cc1)c1ccccc1. The molecule has 2 unspecified atom stereocenters. The summed E-state index contributed by atoms with van der Waals surface area (Å²) in [6, 6.07) is 23.2. The molecule has 40 heavy (non-hydrogen) atoms. The zero-order chi connectivity index (χ0) is 28.4. The van der Waals surface area contributed by atoms with Crippen molar-refractivity contribution in [2.75, 3.05) is 7.11 Å². The molecular weight excluding hydrogens is 516 g/mol. The Morgan fingerprint density at radius 2 is 1.52 bits per heavy atom. The lowest BCUT2D eigenvalue weighted by molar-refractivity contribution is 0.415. The molecule has 1 N–H and O–H groups in total. The molecule has 4 rings (SSSR count). The van der Waals surface area contributed by atoms with Gasteiger partial charge in [-0.2, -0.15) is 5.10 Å². The summed E-state index contributed by atoms with van der Waals surface area (Å²) in [6.45, 7) is 4.22. The van der Waals surface area contributed by atoms with Crippen molar-refractivity contribution < 1.29 is 13.2 Å². The molecule has 0 aliphatic heterocycles. The van der Waals surface area contributed by atoms with E-state index in [1.165, 1.54) is 50.5 Å². The van der Waals surface area contributed by atoms with E-state index in [1.807, 2.05) is 43.3 Å². The molecule has 0 aliphatic rings. The molecule has 1 aromatic heterocycles. The van der Waals surface area contributed by atoms with Crippen molar-refractivity contribution in [3.63, 3.8) is 0 Å². The van der Waals surface area contributed by atoms with E-state index >= 15 is 0 Å². The second kappa shape index (κ2) is 14.5. The highest BCUT2D eigenvalue weighted by Gasteiger charge is 2.34. The Labute approximate surface area is 240 Å². The van der Waals surface area contributed by atoms with Crippen LogP contribution in [0.15, 0.2) is 77.7 Å². The number of hydrogen-bond donors (Lipinski definition) is 1. The zero-order valence-electron chi connectivity index (χ0n) is 24.2. The van der Waals surface area contributed by atoms with Crippen LogP contribution in [-0.2, 0) is 9.84 Å². The van der Waals surface area contributed by atoms with E-state index in [9.17, 15) is 8.42 Å². The average Bonchev–Trinajstić information content (AvgIpc) is 3.39. The molecule has 3 aromatic carbocycles. The van der Waals surface area contributed by atoms with E-state index < -0.39 is 15.1 Å². The molecule has 0 aliphatic carbocycles. The van der Waals surface area contributed by atoms with Gasteiger partial charge in [0.25, 0.3) is 0 Å². The normalized spacial score (nSPS) is 13.4. The number of ether oxygens (including phenoxy) is 1. The summed E-state index contributed by atoms with van der Waals surface area (Å²) in [5, 5.41) is 7.63. The highest BCUT2D eigenvalue weighted by molar-refractivity contribution is 7.91. The topological polar surface area (TPSA) is 72.0 Å². The van der Waals surface area contributed by atoms with E-state index in [4.69, 9.17) is 4.74 Å². The van der Waals surface area contributed by atoms with Crippen LogP contribution in [0.25, 0.3) is 10.9 Å². The Morgan fingerprint density at radius 3 is 2.20 bits per heavy atom. The third kappa shape index (κ3) is 7.54. The Kier molecular flexibility index (Phi) is 10.8. The Morgan fingerprint density at radius 1 is 0.850 bits per heavy atom. The van der Waals surface area contributed by atoms with Gasteiger partial charge < -0.3 is 4.74 Å². The average molecular weight is 561 g/mol. The first kappa shape index (κ1) is 29.9. The van der Waals surface area contributed by atoms with Gasteiger partial charge in [0, 0.05) is 5.39 Å². The number of fused-ring (bicyclic) bond motifs is 1. The number of methoxy groups -OCH3 is 1. The third-order valence-corrected chi connectivity index (χ3v) is 10.1. The maximum Gasteiger partial charge on any atom is 0.186 e. The third-order valence-electron chi connectivity index (χ3n) is 8.01. The highest BCUT2D eigenvalue weighted by atomic mass is 32.2.